The van der Waals surface area contributed by atoms with Crippen LogP contribution >= 0.6 is 7.82 Å². The molecule has 1 atom stereocenters. The van der Waals surface area contributed by atoms with E-state index in [-0.39, 0.29) is 54.8 Å². The number of phosphoric acid groups is 1. The van der Waals surface area contributed by atoms with Gasteiger partial charge in [-0.05, 0) is 39.0 Å². The normalized spacial score (nSPS) is 12.8. The summed E-state index contributed by atoms with van der Waals surface area (Å²) in [6, 6.07) is 0. The average Bonchev–Trinajstić information content (AvgIpc) is 2.75. The van der Waals surface area contributed by atoms with Gasteiger partial charge in [0.25, 0.3) is 0 Å². The third-order valence-corrected chi connectivity index (χ3v) is 6.21. The molecule has 0 spiro atoms. The first-order chi connectivity index (χ1) is 17.1. The average molecular weight is 551 g/mol. The molecule has 218 valence electrons. The molecule has 0 aliphatic carbocycles. The van der Waals surface area contributed by atoms with E-state index in [1.807, 2.05) is 27.7 Å². The summed E-state index contributed by atoms with van der Waals surface area (Å²) in [5.41, 5.74) is 0. The van der Waals surface area contributed by atoms with Crippen molar-refractivity contribution in [3.8, 4) is 0 Å². The van der Waals surface area contributed by atoms with Crippen LogP contribution in [0.1, 0.15) is 100 Å². The first-order valence-electron chi connectivity index (χ1n) is 13.3. The molecule has 1 unspecified atom stereocenters. The van der Waals surface area contributed by atoms with Crippen LogP contribution in [0.15, 0.2) is 0 Å². The first kappa shape index (κ1) is 37.5. The van der Waals surface area contributed by atoms with Gasteiger partial charge in [-0.1, -0.05) is 41.5 Å². The third-order valence-electron chi connectivity index (χ3n) is 5.01. The molecule has 0 aromatic rings. The van der Waals surface area contributed by atoms with E-state index in [0.717, 1.165) is 13.0 Å². The van der Waals surface area contributed by atoms with Gasteiger partial charge in [-0.15, -0.1) is 0 Å². The lowest BCUT2D eigenvalue weighted by atomic mass is 10.0. The monoisotopic (exact) mass is 550 g/mol. The molecular formula is C26H51N2O8P. The second kappa shape index (κ2) is 21.3. The van der Waals surface area contributed by atoms with Gasteiger partial charge in [-0.25, -0.2) is 4.57 Å². The van der Waals surface area contributed by atoms with Gasteiger partial charge in [0.15, 0.2) is 0 Å². The fourth-order valence-corrected chi connectivity index (χ4v) is 3.66. The van der Waals surface area contributed by atoms with E-state index < -0.39 is 13.9 Å². The van der Waals surface area contributed by atoms with Crippen LogP contribution in [0, 0.1) is 17.8 Å². The minimum atomic E-state index is -4.05. The summed E-state index contributed by atoms with van der Waals surface area (Å²) in [4.78, 5) is 54.7. The molecule has 37 heavy (non-hydrogen) atoms. The van der Waals surface area contributed by atoms with E-state index in [4.69, 9.17) is 4.52 Å². The van der Waals surface area contributed by atoms with Crippen LogP contribution in [0.5, 0.6) is 0 Å². The number of amides is 2. The lowest BCUT2D eigenvalue weighted by Gasteiger charge is -2.14. The number of hydrogen-bond donors (Lipinski definition) is 3. The van der Waals surface area contributed by atoms with Crippen molar-refractivity contribution in [2.75, 3.05) is 19.7 Å². The fraction of sp³-hybridized carbons (Fsp3) is 0.846. The Labute approximate surface area is 223 Å². The number of rotatable bonds is 19. The van der Waals surface area contributed by atoms with Crippen molar-refractivity contribution in [1.29, 1.82) is 0 Å². The molecule has 0 saturated carbocycles. The van der Waals surface area contributed by atoms with Crippen molar-refractivity contribution in [3.05, 3.63) is 0 Å². The van der Waals surface area contributed by atoms with Crippen LogP contribution in [0.2, 0.25) is 0 Å². The van der Waals surface area contributed by atoms with Crippen LogP contribution in [-0.2, 0) is 32.8 Å². The quantitative estimate of drug-likeness (QED) is 0.156. The van der Waals surface area contributed by atoms with Gasteiger partial charge < -0.3 is 15.5 Å². The maximum absolute atomic E-state index is 11.5. The fourth-order valence-electron chi connectivity index (χ4n) is 2.75. The molecule has 0 fully saturated rings. The SMILES string of the molecule is CC(C)CCNC(=O)CCCC(=O)C(C)C.CC(C)OP(=O)(O)OCCNC(=O)CCCC(=O)C(C)C. The predicted octanol–water partition coefficient (Wildman–Crippen LogP) is 4.58. The zero-order valence-corrected chi connectivity index (χ0v) is 25.0. The van der Waals surface area contributed by atoms with Crippen LogP contribution in [0.25, 0.3) is 0 Å². The van der Waals surface area contributed by atoms with Crippen LogP contribution in [-0.4, -0.2) is 54.1 Å². The minimum Gasteiger partial charge on any atom is -0.356 e. The van der Waals surface area contributed by atoms with Crippen molar-refractivity contribution in [2.45, 2.75) is 106 Å². The molecule has 10 nitrogen and oxygen atoms in total. The Kier molecular flexibility index (Phi) is 21.6. The van der Waals surface area contributed by atoms with E-state index in [0.29, 0.717) is 38.0 Å². The Hall–Kier alpha value is -1.61. The standard InChI is InChI=1S/C13H26NO6P.C13H25NO2/c1-10(2)12(15)6-5-7-13(16)14-8-9-19-21(17,18)20-11(3)4;1-10(2)8-9-14-13(16)7-5-6-12(15)11(3)4/h10-11H,5-9H2,1-4H3,(H,14,16)(H,17,18);10-11H,5-9H2,1-4H3,(H,14,16). The molecule has 3 N–H and O–H groups in total. The lowest BCUT2D eigenvalue weighted by molar-refractivity contribution is -0.124. The molecule has 0 aromatic heterocycles. The van der Waals surface area contributed by atoms with Gasteiger partial charge in [0.2, 0.25) is 11.8 Å². The summed E-state index contributed by atoms with van der Waals surface area (Å²) in [5, 5.41) is 5.42. The van der Waals surface area contributed by atoms with Gasteiger partial charge in [-0.3, -0.25) is 28.2 Å². The number of nitrogens with one attached hydrogen (secondary N) is 2. The topological polar surface area (TPSA) is 148 Å². The summed E-state index contributed by atoms with van der Waals surface area (Å²) in [5.74, 6) is 0.922. The Morgan fingerprint density at radius 2 is 1.16 bits per heavy atom. The van der Waals surface area contributed by atoms with E-state index in [2.05, 4.69) is 29.0 Å². The van der Waals surface area contributed by atoms with Gasteiger partial charge in [0, 0.05) is 50.6 Å². The second-order valence-electron chi connectivity index (χ2n) is 10.3. The molecule has 0 heterocycles. The number of ketones is 2. The number of Topliss-reactive ketones (excluding diaryl/α,β-unsaturated/α-hetero) is 2. The van der Waals surface area contributed by atoms with Crippen molar-refractivity contribution < 1.29 is 37.7 Å². The summed E-state index contributed by atoms with van der Waals surface area (Å²) in [6.07, 6.45) is 3.38. The summed E-state index contributed by atoms with van der Waals surface area (Å²) in [6.45, 7) is 15.7. The smallest absolute Gasteiger partial charge is 0.356 e. The van der Waals surface area contributed by atoms with Gasteiger partial charge in [0.05, 0.1) is 12.7 Å². The Morgan fingerprint density at radius 1 is 0.730 bits per heavy atom. The highest BCUT2D eigenvalue weighted by molar-refractivity contribution is 7.47. The lowest BCUT2D eigenvalue weighted by Crippen LogP contribution is -2.27. The molecule has 0 aromatic carbocycles. The van der Waals surface area contributed by atoms with E-state index in [1.165, 1.54) is 0 Å². The second-order valence-corrected chi connectivity index (χ2v) is 11.7. The Bertz CT molecular complexity index is 723. The summed E-state index contributed by atoms with van der Waals surface area (Å²) < 4.78 is 20.7. The molecular weight excluding hydrogens is 499 g/mol. The maximum atomic E-state index is 11.5. The van der Waals surface area contributed by atoms with E-state index in [1.54, 1.807) is 13.8 Å². The first-order valence-corrected chi connectivity index (χ1v) is 14.8. The molecule has 0 radical (unpaired) electrons. The highest BCUT2D eigenvalue weighted by Crippen LogP contribution is 2.44. The molecule has 2 amide bonds. The van der Waals surface area contributed by atoms with Crippen LogP contribution < -0.4 is 10.6 Å². The number of hydrogen-bond acceptors (Lipinski definition) is 7. The van der Waals surface area contributed by atoms with Crippen molar-refractivity contribution >= 4 is 31.2 Å². The van der Waals surface area contributed by atoms with E-state index in [9.17, 15) is 28.6 Å². The number of carbonyl (C=O) groups excluding carboxylic acids is 4. The number of phosphoric ester groups is 1. The summed E-state index contributed by atoms with van der Waals surface area (Å²) in [7, 11) is -4.05. The number of carbonyl (C=O) groups is 4. The molecule has 0 aliphatic heterocycles. The molecule has 11 heteroatoms. The Balaban J connectivity index is 0. The van der Waals surface area contributed by atoms with Crippen molar-refractivity contribution in [2.24, 2.45) is 17.8 Å². The highest BCUT2D eigenvalue weighted by Gasteiger charge is 2.22. The Morgan fingerprint density at radius 3 is 1.54 bits per heavy atom. The van der Waals surface area contributed by atoms with Gasteiger partial charge in [-0.2, -0.15) is 0 Å². The van der Waals surface area contributed by atoms with Gasteiger partial charge in [0.1, 0.15) is 11.6 Å². The zero-order valence-electron chi connectivity index (χ0n) is 24.1. The predicted molar refractivity (Wildman–Crippen MR) is 145 cm³/mol. The molecule has 0 rings (SSSR count). The maximum Gasteiger partial charge on any atom is 0.472 e. The van der Waals surface area contributed by atoms with Crippen LogP contribution in [0.3, 0.4) is 0 Å². The highest BCUT2D eigenvalue weighted by atomic mass is 31.2. The third kappa shape index (κ3) is 25.8. The van der Waals surface area contributed by atoms with Crippen molar-refractivity contribution in [1.82, 2.24) is 10.6 Å². The van der Waals surface area contributed by atoms with Crippen molar-refractivity contribution in [3.63, 3.8) is 0 Å². The van der Waals surface area contributed by atoms with E-state index >= 15 is 0 Å². The molecule has 0 bridgehead atoms. The minimum absolute atomic E-state index is 0.0129. The van der Waals surface area contributed by atoms with Crippen LogP contribution in [0.4, 0.5) is 0 Å². The largest absolute Gasteiger partial charge is 0.472 e. The van der Waals surface area contributed by atoms with Gasteiger partial charge >= 0.3 is 7.82 Å². The summed E-state index contributed by atoms with van der Waals surface area (Å²) >= 11 is 0. The zero-order chi connectivity index (χ0) is 29.0. The molecule has 0 aliphatic rings. The molecule has 0 saturated heterocycles.